The van der Waals surface area contributed by atoms with Crippen LogP contribution in [-0.2, 0) is 20.9 Å². The molecule has 0 fully saturated rings. The van der Waals surface area contributed by atoms with E-state index in [9.17, 15) is 24.0 Å². The summed E-state index contributed by atoms with van der Waals surface area (Å²) in [6.45, 7) is 3.90. The van der Waals surface area contributed by atoms with Crippen LogP contribution < -0.4 is 26.0 Å². The van der Waals surface area contributed by atoms with Gasteiger partial charge in [0.15, 0.2) is 0 Å². The van der Waals surface area contributed by atoms with Gasteiger partial charge < -0.3 is 30.7 Å². The molecule has 0 spiro atoms. The lowest BCUT2D eigenvalue weighted by Crippen LogP contribution is -2.30. The van der Waals surface area contributed by atoms with E-state index in [0.29, 0.717) is 51.7 Å². The van der Waals surface area contributed by atoms with Gasteiger partial charge in [-0.15, -0.1) is 23.1 Å². The zero-order valence-corrected chi connectivity index (χ0v) is 34.7. The maximum Gasteiger partial charge on any atom is 0.341 e. The largest absolute Gasteiger partial charge is 0.489 e. The van der Waals surface area contributed by atoms with Crippen molar-refractivity contribution in [2.24, 2.45) is 0 Å². The van der Waals surface area contributed by atoms with E-state index in [1.165, 1.54) is 18.9 Å². The lowest BCUT2D eigenvalue weighted by Gasteiger charge is -2.16. The molecule has 6 rings (SSSR count). The van der Waals surface area contributed by atoms with Gasteiger partial charge in [-0.05, 0) is 90.7 Å². The van der Waals surface area contributed by atoms with Crippen molar-refractivity contribution in [3.63, 3.8) is 0 Å². The number of esters is 1. The van der Waals surface area contributed by atoms with Crippen molar-refractivity contribution in [3.8, 4) is 5.75 Å². The number of thioether (sulfide) groups is 1. The summed E-state index contributed by atoms with van der Waals surface area (Å²) in [6.07, 6.45) is 2.00. The average molecular weight is 839 g/mol. The zero-order valence-electron chi connectivity index (χ0n) is 33.0. The van der Waals surface area contributed by atoms with Crippen molar-refractivity contribution in [2.45, 2.75) is 37.0 Å². The quantitative estimate of drug-likeness (QED) is 0.0428. The molecule has 11 nitrogen and oxygen atoms in total. The van der Waals surface area contributed by atoms with Crippen LogP contribution in [0.5, 0.6) is 5.75 Å². The molecule has 13 heteroatoms. The number of benzene rings is 5. The Morgan fingerprint density at radius 1 is 0.733 bits per heavy atom. The monoisotopic (exact) mass is 838 g/mol. The first-order chi connectivity index (χ1) is 29.1. The van der Waals surface area contributed by atoms with Gasteiger partial charge in [-0.2, -0.15) is 0 Å². The van der Waals surface area contributed by atoms with Crippen molar-refractivity contribution >= 4 is 75.1 Å². The summed E-state index contributed by atoms with van der Waals surface area (Å²) in [5.74, 6) is -1.86. The Kier molecular flexibility index (Phi) is 14.7. The summed E-state index contributed by atoms with van der Waals surface area (Å²) in [6, 6.07) is 41.5. The fraction of sp³-hybridized carbons (Fsp3) is 0.128. The van der Waals surface area contributed by atoms with Crippen molar-refractivity contribution in [3.05, 3.63) is 178 Å². The molecule has 304 valence electrons. The predicted molar refractivity (Wildman–Crippen MR) is 238 cm³/mol. The first kappa shape index (κ1) is 42.6. The highest BCUT2D eigenvalue weighted by Crippen LogP contribution is 2.36. The molecular weight excluding hydrogens is 797 g/mol. The molecular formula is C47H42N4O7S2. The van der Waals surface area contributed by atoms with Gasteiger partial charge in [0, 0.05) is 21.8 Å². The second-order valence-corrected chi connectivity index (χ2v) is 15.6. The Bertz CT molecular complexity index is 2490. The second kappa shape index (κ2) is 20.6. The molecule has 5 aromatic carbocycles. The number of anilines is 3. The smallest absolute Gasteiger partial charge is 0.341 e. The number of nitrogens with one attached hydrogen (secondary N) is 4. The van der Waals surface area contributed by atoms with Crippen molar-refractivity contribution in [1.29, 1.82) is 0 Å². The molecule has 4 amide bonds. The number of para-hydroxylation sites is 1. The molecule has 4 N–H and O–H groups in total. The van der Waals surface area contributed by atoms with Crippen molar-refractivity contribution in [2.75, 3.05) is 23.1 Å². The number of hydrogen-bond donors (Lipinski definition) is 4. The third-order valence-corrected chi connectivity index (χ3v) is 11.6. The molecule has 1 aromatic heterocycles. The van der Waals surface area contributed by atoms with Gasteiger partial charge in [0.1, 0.15) is 23.1 Å². The molecule has 0 radical (unpaired) electrons. The standard InChI is InChI=1S/C47H42N4O7S2/c1-4-39(44(54)51-46-40(47(56)57-3)30(2)41(60-46)45(55)48-34-19-12-7-13-20-34)59-37-22-14-21-35(28-37)49-43(53)38(50-42(52)33-17-10-6-11-18-33)27-31-23-25-36(26-24-31)58-29-32-15-8-5-9-16-32/h5-28,39H,4,29H2,1-3H3,(H,48,55)(H,49,53)(H,50,52)(H,51,54)/b38-27+. The van der Waals surface area contributed by atoms with Gasteiger partial charge in [0.25, 0.3) is 17.7 Å². The third-order valence-electron chi connectivity index (χ3n) is 9.01. The molecule has 0 saturated carbocycles. The number of thiophene rings is 1. The van der Waals surface area contributed by atoms with E-state index < -0.39 is 28.9 Å². The van der Waals surface area contributed by atoms with E-state index >= 15 is 0 Å². The average Bonchev–Trinajstić information content (AvgIpc) is 3.60. The molecule has 1 unspecified atom stereocenters. The number of carbonyl (C=O) groups excluding carboxylic acids is 5. The highest BCUT2D eigenvalue weighted by molar-refractivity contribution is 8.00. The summed E-state index contributed by atoms with van der Waals surface area (Å²) in [5.41, 5.74) is 3.58. The van der Waals surface area contributed by atoms with E-state index in [0.717, 1.165) is 16.9 Å². The van der Waals surface area contributed by atoms with Crippen LogP contribution >= 0.6 is 23.1 Å². The van der Waals surface area contributed by atoms with Gasteiger partial charge in [-0.3, -0.25) is 19.2 Å². The van der Waals surface area contributed by atoms with Crippen LogP contribution in [0.25, 0.3) is 6.08 Å². The first-order valence-corrected chi connectivity index (χ1v) is 20.6. The molecule has 0 saturated heterocycles. The highest BCUT2D eigenvalue weighted by Gasteiger charge is 2.28. The summed E-state index contributed by atoms with van der Waals surface area (Å²) in [4.78, 5) is 67.9. The normalized spacial score (nSPS) is 11.5. The van der Waals surface area contributed by atoms with E-state index in [-0.39, 0.29) is 27.0 Å². The van der Waals surface area contributed by atoms with Gasteiger partial charge in [0.05, 0.1) is 22.8 Å². The zero-order chi connectivity index (χ0) is 42.4. The topological polar surface area (TPSA) is 152 Å². The number of hydrogen-bond acceptors (Lipinski definition) is 9. The molecule has 0 aliphatic carbocycles. The number of ether oxygens (including phenoxy) is 2. The van der Waals surface area contributed by atoms with Gasteiger partial charge in [0.2, 0.25) is 5.91 Å². The fourth-order valence-corrected chi connectivity index (χ4v) is 8.02. The number of methoxy groups -OCH3 is 1. The fourth-order valence-electron chi connectivity index (χ4n) is 5.91. The van der Waals surface area contributed by atoms with Crippen LogP contribution in [0.15, 0.2) is 150 Å². The summed E-state index contributed by atoms with van der Waals surface area (Å²) >= 11 is 2.26. The van der Waals surface area contributed by atoms with Gasteiger partial charge in [-0.25, -0.2) is 4.79 Å². The lowest BCUT2D eigenvalue weighted by molar-refractivity contribution is -0.116. The maximum atomic E-state index is 13.8. The van der Waals surface area contributed by atoms with Crippen LogP contribution in [0, 0.1) is 6.92 Å². The maximum absolute atomic E-state index is 13.8. The Balaban J connectivity index is 1.16. The minimum absolute atomic E-state index is 0.00939. The number of carbonyl (C=O) groups is 5. The van der Waals surface area contributed by atoms with E-state index in [1.807, 2.05) is 49.4 Å². The summed E-state index contributed by atoms with van der Waals surface area (Å²) < 4.78 is 10.9. The Morgan fingerprint density at radius 3 is 2.05 bits per heavy atom. The minimum atomic E-state index is -0.680. The Hall–Kier alpha value is -6.96. The summed E-state index contributed by atoms with van der Waals surface area (Å²) in [5, 5.41) is 10.9. The van der Waals surface area contributed by atoms with E-state index in [1.54, 1.807) is 110 Å². The molecule has 1 atom stereocenters. The summed E-state index contributed by atoms with van der Waals surface area (Å²) in [7, 11) is 1.24. The first-order valence-electron chi connectivity index (χ1n) is 18.9. The Labute approximate surface area is 356 Å². The van der Waals surface area contributed by atoms with E-state index in [4.69, 9.17) is 9.47 Å². The van der Waals surface area contributed by atoms with Crippen LogP contribution in [0.3, 0.4) is 0 Å². The second-order valence-electron chi connectivity index (χ2n) is 13.3. The van der Waals surface area contributed by atoms with E-state index in [2.05, 4.69) is 21.3 Å². The van der Waals surface area contributed by atoms with Crippen molar-refractivity contribution in [1.82, 2.24) is 5.32 Å². The number of amides is 4. The van der Waals surface area contributed by atoms with Crippen LogP contribution in [0.1, 0.15) is 60.4 Å². The highest BCUT2D eigenvalue weighted by atomic mass is 32.2. The van der Waals surface area contributed by atoms with Gasteiger partial charge in [-0.1, -0.05) is 91.9 Å². The lowest BCUT2D eigenvalue weighted by atomic mass is 10.1. The van der Waals surface area contributed by atoms with Crippen LogP contribution in [-0.4, -0.2) is 42.0 Å². The molecule has 0 bridgehead atoms. The Morgan fingerprint density at radius 2 is 1.38 bits per heavy atom. The molecule has 60 heavy (non-hydrogen) atoms. The minimum Gasteiger partial charge on any atom is -0.489 e. The van der Waals surface area contributed by atoms with Gasteiger partial charge >= 0.3 is 5.97 Å². The molecule has 0 aliphatic rings. The third kappa shape index (κ3) is 11.4. The number of rotatable bonds is 16. The van der Waals surface area contributed by atoms with Crippen LogP contribution in [0.2, 0.25) is 0 Å². The molecule has 0 aliphatic heterocycles. The SMILES string of the molecule is CCC(Sc1cccc(NC(=O)/C(=C\c2ccc(OCc3ccccc3)cc2)NC(=O)c2ccccc2)c1)C(=O)Nc1sc(C(=O)Nc2ccccc2)c(C)c1C(=O)OC. The molecule has 1 heterocycles. The van der Waals surface area contributed by atoms with Crippen LogP contribution in [0.4, 0.5) is 16.4 Å². The van der Waals surface area contributed by atoms with Crippen molar-refractivity contribution < 1.29 is 33.4 Å². The predicted octanol–water partition coefficient (Wildman–Crippen LogP) is 9.59. The molecule has 6 aromatic rings.